The standard InChI is InChI=1S/C16H25BrN2/c1-4-6-16(7-5-2)10-19(11-16)15-9-14(18)12(3)8-13(15)17/h8-9H,4-7,10-11,18H2,1-3H3. The maximum absolute atomic E-state index is 6.04. The van der Waals surface area contributed by atoms with E-state index >= 15 is 0 Å². The van der Waals surface area contributed by atoms with Crippen LogP contribution in [-0.2, 0) is 0 Å². The average Bonchev–Trinajstić information content (AvgIpc) is 2.31. The van der Waals surface area contributed by atoms with E-state index in [4.69, 9.17) is 5.73 Å². The summed E-state index contributed by atoms with van der Waals surface area (Å²) in [4.78, 5) is 2.46. The van der Waals surface area contributed by atoms with Gasteiger partial charge in [-0.25, -0.2) is 0 Å². The number of nitrogen functional groups attached to an aromatic ring is 1. The minimum atomic E-state index is 0.544. The normalized spacial score (nSPS) is 17.4. The quantitative estimate of drug-likeness (QED) is 0.792. The Hall–Kier alpha value is -0.700. The third-order valence-corrected chi connectivity index (χ3v) is 4.92. The lowest BCUT2D eigenvalue weighted by Crippen LogP contribution is -2.56. The Morgan fingerprint density at radius 3 is 2.32 bits per heavy atom. The highest BCUT2D eigenvalue weighted by Crippen LogP contribution is 2.44. The van der Waals surface area contributed by atoms with Crippen molar-refractivity contribution in [3.8, 4) is 0 Å². The summed E-state index contributed by atoms with van der Waals surface area (Å²) >= 11 is 3.67. The van der Waals surface area contributed by atoms with Crippen LogP contribution in [0.3, 0.4) is 0 Å². The summed E-state index contributed by atoms with van der Waals surface area (Å²) in [5.41, 5.74) is 9.88. The Kier molecular flexibility index (Phi) is 4.44. The second-order valence-corrected chi connectivity index (χ2v) is 6.87. The van der Waals surface area contributed by atoms with Crippen LogP contribution < -0.4 is 10.6 Å². The predicted octanol–water partition coefficient (Wildman–Crippen LogP) is 4.75. The number of halogens is 1. The lowest BCUT2D eigenvalue weighted by Gasteiger charge is -2.52. The largest absolute Gasteiger partial charge is 0.398 e. The van der Waals surface area contributed by atoms with Gasteiger partial charge in [0, 0.05) is 28.7 Å². The zero-order chi connectivity index (χ0) is 14.0. The van der Waals surface area contributed by atoms with Crippen molar-refractivity contribution in [2.24, 2.45) is 5.41 Å². The monoisotopic (exact) mass is 324 g/mol. The van der Waals surface area contributed by atoms with Crippen molar-refractivity contribution >= 4 is 27.3 Å². The maximum Gasteiger partial charge on any atom is 0.0531 e. The molecule has 1 fully saturated rings. The third kappa shape index (κ3) is 2.91. The van der Waals surface area contributed by atoms with Crippen molar-refractivity contribution in [2.75, 3.05) is 23.7 Å². The van der Waals surface area contributed by atoms with Crippen molar-refractivity contribution < 1.29 is 0 Å². The molecule has 1 heterocycles. The highest BCUT2D eigenvalue weighted by Gasteiger charge is 2.41. The van der Waals surface area contributed by atoms with Crippen LogP contribution in [0.4, 0.5) is 11.4 Å². The first-order valence-electron chi connectivity index (χ1n) is 7.32. The Morgan fingerprint density at radius 1 is 1.21 bits per heavy atom. The lowest BCUT2D eigenvalue weighted by molar-refractivity contribution is 0.173. The summed E-state index contributed by atoms with van der Waals surface area (Å²) in [6.45, 7) is 8.99. The van der Waals surface area contributed by atoms with Gasteiger partial charge in [-0.05, 0) is 53.4 Å². The van der Waals surface area contributed by atoms with Gasteiger partial charge in [-0.1, -0.05) is 26.7 Å². The van der Waals surface area contributed by atoms with Crippen LogP contribution >= 0.6 is 15.9 Å². The first-order valence-corrected chi connectivity index (χ1v) is 8.11. The van der Waals surface area contributed by atoms with Gasteiger partial charge in [0.25, 0.3) is 0 Å². The zero-order valence-corrected chi connectivity index (χ0v) is 13.9. The molecule has 1 aliphatic heterocycles. The smallest absolute Gasteiger partial charge is 0.0531 e. The Morgan fingerprint density at radius 2 is 1.79 bits per heavy atom. The summed E-state index contributed by atoms with van der Waals surface area (Å²) in [5.74, 6) is 0. The van der Waals surface area contributed by atoms with Crippen LogP contribution in [-0.4, -0.2) is 13.1 Å². The van der Waals surface area contributed by atoms with Crippen LogP contribution in [0.15, 0.2) is 16.6 Å². The fraction of sp³-hybridized carbons (Fsp3) is 0.625. The molecule has 0 bridgehead atoms. The predicted molar refractivity (Wildman–Crippen MR) is 87.8 cm³/mol. The minimum absolute atomic E-state index is 0.544. The number of anilines is 2. The zero-order valence-electron chi connectivity index (χ0n) is 12.3. The molecule has 2 N–H and O–H groups in total. The summed E-state index contributed by atoms with van der Waals surface area (Å²) in [6, 6.07) is 4.24. The molecule has 0 radical (unpaired) electrons. The molecule has 3 heteroatoms. The molecule has 0 aliphatic carbocycles. The van der Waals surface area contributed by atoms with E-state index in [0.717, 1.165) is 11.3 Å². The van der Waals surface area contributed by atoms with E-state index in [1.807, 2.05) is 0 Å². The van der Waals surface area contributed by atoms with Gasteiger partial charge in [0.15, 0.2) is 0 Å². The fourth-order valence-electron chi connectivity index (χ4n) is 3.36. The highest BCUT2D eigenvalue weighted by molar-refractivity contribution is 9.10. The van der Waals surface area contributed by atoms with Crippen molar-refractivity contribution in [3.63, 3.8) is 0 Å². The Balaban J connectivity index is 2.13. The molecule has 0 spiro atoms. The SMILES string of the molecule is CCCC1(CCC)CN(c2cc(N)c(C)cc2Br)C1. The van der Waals surface area contributed by atoms with Gasteiger partial charge in [0.2, 0.25) is 0 Å². The van der Waals surface area contributed by atoms with Crippen LogP contribution in [0.1, 0.15) is 45.1 Å². The van der Waals surface area contributed by atoms with Gasteiger partial charge in [-0.2, -0.15) is 0 Å². The molecule has 1 aromatic rings. The molecule has 106 valence electrons. The van der Waals surface area contributed by atoms with Gasteiger partial charge < -0.3 is 10.6 Å². The molecule has 0 atom stereocenters. The molecule has 0 saturated carbocycles. The number of nitrogens with two attached hydrogens (primary N) is 1. The molecular formula is C16H25BrN2. The van der Waals surface area contributed by atoms with Crippen LogP contribution in [0.25, 0.3) is 0 Å². The van der Waals surface area contributed by atoms with Crippen LogP contribution in [0.2, 0.25) is 0 Å². The number of hydrogen-bond donors (Lipinski definition) is 1. The molecule has 0 amide bonds. The van der Waals surface area contributed by atoms with E-state index in [1.165, 1.54) is 48.9 Å². The van der Waals surface area contributed by atoms with E-state index in [2.05, 4.69) is 53.7 Å². The number of aryl methyl sites for hydroxylation is 1. The van der Waals surface area contributed by atoms with Crippen molar-refractivity contribution in [1.82, 2.24) is 0 Å². The van der Waals surface area contributed by atoms with E-state index < -0.39 is 0 Å². The van der Waals surface area contributed by atoms with E-state index in [9.17, 15) is 0 Å². The van der Waals surface area contributed by atoms with E-state index in [-0.39, 0.29) is 0 Å². The molecule has 0 aromatic heterocycles. The molecule has 2 rings (SSSR count). The van der Waals surface area contributed by atoms with E-state index in [1.54, 1.807) is 0 Å². The highest BCUT2D eigenvalue weighted by atomic mass is 79.9. The number of rotatable bonds is 5. The number of hydrogen-bond acceptors (Lipinski definition) is 2. The molecular weight excluding hydrogens is 300 g/mol. The summed E-state index contributed by atoms with van der Waals surface area (Å²) in [7, 11) is 0. The van der Waals surface area contributed by atoms with Gasteiger partial charge in [0.1, 0.15) is 0 Å². The maximum atomic E-state index is 6.04. The van der Waals surface area contributed by atoms with Gasteiger partial charge in [0.05, 0.1) is 5.69 Å². The van der Waals surface area contributed by atoms with Crippen molar-refractivity contribution in [1.29, 1.82) is 0 Å². The molecule has 0 unspecified atom stereocenters. The second kappa shape index (κ2) is 5.74. The topological polar surface area (TPSA) is 29.3 Å². The number of benzene rings is 1. The average molecular weight is 325 g/mol. The van der Waals surface area contributed by atoms with Gasteiger partial charge >= 0.3 is 0 Å². The lowest BCUT2D eigenvalue weighted by atomic mass is 9.72. The van der Waals surface area contributed by atoms with Gasteiger partial charge in [-0.3, -0.25) is 0 Å². The Bertz CT molecular complexity index is 442. The molecule has 1 aliphatic rings. The van der Waals surface area contributed by atoms with E-state index in [0.29, 0.717) is 5.41 Å². The molecule has 19 heavy (non-hydrogen) atoms. The molecule has 1 aromatic carbocycles. The van der Waals surface area contributed by atoms with Gasteiger partial charge in [-0.15, -0.1) is 0 Å². The summed E-state index contributed by atoms with van der Waals surface area (Å²) < 4.78 is 1.17. The fourth-order valence-corrected chi connectivity index (χ4v) is 4.06. The second-order valence-electron chi connectivity index (χ2n) is 6.02. The first kappa shape index (κ1) is 14.7. The summed E-state index contributed by atoms with van der Waals surface area (Å²) in [5, 5.41) is 0. The number of nitrogens with zero attached hydrogens (tertiary/aromatic N) is 1. The summed E-state index contributed by atoms with van der Waals surface area (Å²) in [6.07, 6.45) is 5.25. The van der Waals surface area contributed by atoms with Crippen LogP contribution in [0.5, 0.6) is 0 Å². The molecule has 1 saturated heterocycles. The van der Waals surface area contributed by atoms with Crippen molar-refractivity contribution in [3.05, 3.63) is 22.2 Å². The minimum Gasteiger partial charge on any atom is -0.398 e. The molecule has 2 nitrogen and oxygen atoms in total. The first-order chi connectivity index (χ1) is 9.01. The van der Waals surface area contributed by atoms with Crippen LogP contribution in [0, 0.1) is 12.3 Å². The Labute approximate surface area is 125 Å². The van der Waals surface area contributed by atoms with Crippen molar-refractivity contribution in [2.45, 2.75) is 46.5 Å². The third-order valence-electron chi connectivity index (χ3n) is 4.29.